The van der Waals surface area contributed by atoms with Crippen molar-refractivity contribution in [1.29, 1.82) is 0 Å². The maximum atomic E-state index is 13.3. The highest BCUT2D eigenvalue weighted by atomic mass is 19.1. The number of nitrogens with zero attached hydrogens (tertiary/aromatic N) is 2. The third-order valence-electron chi connectivity index (χ3n) is 5.53. The van der Waals surface area contributed by atoms with E-state index in [0.717, 1.165) is 18.8 Å². The lowest BCUT2D eigenvalue weighted by Gasteiger charge is -2.26. The third-order valence-corrected chi connectivity index (χ3v) is 5.53. The normalized spacial score (nSPS) is 17.9. The molecule has 7 heteroatoms. The minimum Gasteiger partial charge on any atom is -0.507 e. The summed E-state index contributed by atoms with van der Waals surface area (Å²) in [6.07, 6.45) is 0. The van der Waals surface area contributed by atoms with Crippen LogP contribution >= 0.6 is 0 Å². The molecule has 1 fully saturated rings. The number of likely N-dealkylation sites (tertiary alicyclic amines) is 1. The van der Waals surface area contributed by atoms with Crippen LogP contribution in [0.25, 0.3) is 5.76 Å². The zero-order valence-corrected chi connectivity index (χ0v) is 18.0. The maximum Gasteiger partial charge on any atom is 0.295 e. The topological polar surface area (TPSA) is 70.1 Å². The van der Waals surface area contributed by atoms with Crippen LogP contribution in [0.5, 0.6) is 0 Å². The van der Waals surface area contributed by atoms with E-state index in [4.69, 9.17) is 4.74 Å². The number of carbonyl (C=O) groups excluding carboxylic acids is 2. The number of carbonyl (C=O) groups is 2. The predicted molar refractivity (Wildman–Crippen MR) is 117 cm³/mol. The van der Waals surface area contributed by atoms with E-state index >= 15 is 0 Å². The fraction of sp³-hybridized carbons (Fsp3) is 0.333. The van der Waals surface area contributed by atoms with Gasteiger partial charge >= 0.3 is 0 Å². The van der Waals surface area contributed by atoms with Gasteiger partial charge < -0.3 is 19.6 Å². The molecule has 1 atom stereocenters. The molecule has 31 heavy (non-hydrogen) atoms. The molecule has 3 rings (SSSR count). The number of rotatable bonds is 8. The zero-order valence-electron chi connectivity index (χ0n) is 18.0. The van der Waals surface area contributed by atoms with Crippen molar-refractivity contribution in [1.82, 2.24) is 4.90 Å². The van der Waals surface area contributed by atoms with Gasteiger partial charge in [0.1, 0.15) is 11.6 Å². The largest absolute Gasteiger partial charge is 0.507 e. The number of aliphatic hydroxyl groups excluding tert-OH is 1. The second-order valence-electron chi connectivity index (χ2n) is 7.26. The quantitative estimate of drug-likeness (QED) is 0.396. The summed E-state index contributed by atoms with van der Waals surface area (Å²) in [5, 5.41) is 10.9. The molecule has 1 aliphatic rings. The second kappa shape index (κ2) is 9.75. The molecule has 0 bridgehead atoms. The monoisotopic (exact) mass is 426 g/mol. The van der Waals surface area contributed by atoms with Gasteiger partial charge in [0, 0.05) is 38.0 Å². The highest BCUT2D eigenvalue weighted by molar-refractivity contribution is 6.46. The van der Waals surface area contributed by atoms with E-state index in [1.54, 1.807) is 0 Å². The molecule has 1 saturated heterocycles. The zero-order chi connectivity index (χ0) is 22.5. The van der Waals surface area contributed by atoms with Crippen LogP contribution in [0.4, 0.5) is 10.1 Å². The van der Waals surface area contributed by atoms with Gasteiger partial charge in [-0.05, 0) is 55.8 Å². The first-order valence-corrected chi connectivity index (χ1v) is 10.3. The van der Waals surface area contributed by atoms with Crippen molar-refractivity contribution in [3.8, 4) is 0 Å². The summed E-state index contributed by atoms with van der Waals surface area (Å²) >= 11 is 0. The Bertz CT molecular complexity index is 966. The summed E-state index contributed by atoms with van der Waals surface area (Å²) < 4.78 is 18.4. The van der Waals surface area contributed by atoms with E-state index in [0.29, 0.717) is 5.56 Å². The summed E-state index contributed by atoms with van der Waals surface area (Å²) in [4.78, 5) is 29.2. The molecule has 164 valence electrons. The van der Waals surface area contributed by atoms with Crippen molar-refractivity contribution < 1.29 is 23.8 Å². The molecule has 0 spiro atoms. The molecule has 0 aromatic heterocycles. The van der Waals surface area contributed by atoms with E-state index in [2.05, 4.69) is 18.7 Å². The fourth-order valence-corrected chi connectivity index (χ4v) is 3.87. The van der Waals surface area contributed by atoms with Crippen LogP contribution in [-0.2, 0) is 14.3 Å². The number of amides is 1. The maximum absolute atomic E-state index is 13.3. The standard InChI is InChI=1S/C24H27FN2O4/c1-4-26(5-2)19-12-8-16(9-13-19)21-20(22(28)17-6-10-18(25)11-7-17)23(29)24(30)27(21)14-15-31-3/h6-13,21,28H,4-5,14-15H2,1-3H3/b22-20-. The van der Waals surface area contributed by atoms with Gasteiger partial charge in [-0.1, -0.05) is 12.1 Å². The molecule has 1 unspecified atom stereocenters. The Morgan fingerprint density at radius 2 is 1.68 bits per heavy atom. The van der Waals surface area contributed by atoms with Crippen molar-refractivity contribution in [2.75, 3.05) is 38.3 Å². The van der Waals surface area contributed by atoms with Crippen molar-refractivity contribution in [2.45, 2.75) is 19.9 Å². The van der Waals surface area contributed by atoms with Gasteiger partial charge in [-0.2, -0.15) is 0 Å². The average molecular weight is 426 g/mol. The van der Waals surface area contributed by atoms with E-state index in [9.17, 15) is 19.1 Å². The lowest BCUT2D eigenvalue weighted by atomic mass is 9.95. The molecule has 1 aliphatic heterocycles. The summed E-state index contributed by atoms with van der Waals surface area (Å²) in [5.74, 6) is -2.24. The van der Waals surface area contributed by atoms with Crippen LogP contribution in [0.1, 0.15) is 31.0 Å². The summed E-state index contributed by atoms with van der Waals surface area (Å²) in [6, 6.07) is 12.0. The number of ether oxygens (including phenoxy) is 1. The van der Waals surface area contributed by atoms with Gasteiger partial charge in [-0.25, -0.2) is 4.39 Å². The molecule has 1 amide bonds. The first-order valence-electron chi connectivity index (χ1n) is 10.3. The number of anilines is 1. The number of benzene rings is 2. The fourth-order valence-electron chi connectivity index (χ4n) is 3.87. The number of methoxy groups -OCH3 is 1. The molecule has 0 aliphatic carbocycles. The van der Waals surface area contributed by atoms with Gasteiger partial charge in [0.05, 0.1) is 18.2 Å². The second-order valence-corrected chi connectivity index (χ2v) is 7.26. The van der Waals surface area contributed by atoms with E-state index in [1.165, 1.54) is 36.3 Å². The Labute approximate surface area is 181 Å². The van der Waals surface area contributed by atoms with Crippen LogP contribution in [0.2, 0.25) is 0 Å². The SMILES string of the molecule is CCN(CC)c1ccc(C2/C(=C(/O)c3ccc(F)cc3)C(=O)C(=O)N2CCOC)cc1. The van der Waals surface area contributed by atoms with E-state index < -0.39 is 23.5 Å². The lowest BCUT2D eigenvalue weighted by Crippen LogP contribution is -2.32. The van der Waals surface area contributed by atoms with Crippen molar-refractivity contribution in [3.05, 3.63) is 71.0 Å². The molecular formula is C24H27FN2O4. The average Bonchev–Trinajstić information content (AvgIpc) is 3.03. The van der Waals surface area contributed by atoms with Crippen LogP contribution in [-0.4, -0.2) is 55.0 Å². The van der Waals surface area contributed by atoms with Crippen molar-refractivity contribution >= 4 is 23.1 Å². The molecule has 1 N–H and O–H groups in total. The molecule has 2 aromatic rings. The first kappa shape index (κ1) is 22.5. The smallest absolute Gasteiger partial charge is 0.295 e. The Morgan fingerprint density at radius 3 is 2.23 bits per heavy atom. The summed E-state index contributed by atoms with van der Waals surface area (Å²) in [6.45, 7) is 6.29. The first-order chi connectivity index (χ1) is 14.9. The molecular weight excluding hydrogens is 399 g/mol. The van der Waals surface area contributed by atoms with Crippen LogP contribution in [0.15, 0.2) is 54.1 Å². The number of hydrogen-bond donors (Lipinski definition) is 1. The number of halogens is 1. The highest BCUT2D eigenvalue weighted by Crippen LogP contribution is 2.39. The molecule has 0 saturated carbocycles. The van der Waals surface area contributed by atoms with Crippen LogP contribution in [0.3, 0.4) is 0 Å². The predicted octanol–water partition coefficient (Wildman–Crippen LogP) is 3.74. The molecule has 6 nitrogen and oxygen atoms in total. The van der Waals surface area contributed by atoms with Gasteiger partial charge in [0.15, 0.2) is 0 Å². The molecule has 1 heterocycles. The Morgan fingerprint density at radius 1 is 1.06 bits per heavy atom. The highest BCUT2D eigenvalue weighted by Gasteiger charge is 2.45. The summed E-state index contributed by atoms with van der Waals surface area (Å²) in [5.41, 5.74) is 2.00. The minimum absolute atomic E-state index is 0.0108. The summed E-state index contributed by atoms with van der Waals surface area (Å²) in [7, 11) is 1.52. The third kappa shape index (κ3) is 4.46. The lowest BCUT2D eigenvalue weighted by molar-refractivity contribution is -0.140. The number of hydrogen-bond acceptors (Lipinski definition) is 5. The Balaban J connectivity index is 2.10. The van der Waals surface area contributed by atoms with Crippen LogP contribution in [0, 0.1) is 5.82 Å². The van der Waals surface area contributed by atoms with Crippen molar-refractivity contribution in [2.24, 2.45) is 0 Å². The van der Waals surface area contributed by atoms with Gasteiger partial charge in [0.2, 0.25) is 0 Å². The number of aliphatic hydroxyl groups is 1. The molecule has 0 radical (unpaired) electrons. The van der Waals surface area contributed by atoms with E-state index in [-0.39, 0.29) is 30.0 Å². The van der Waals surface area contributed by atoms with Crippen molar-refractivity contribution in [3.63, 3.8) is 0 Å². The van der Waals surface area contributed by atoms with Gasteiger partial charge in [0.25, 0.3) is 11.7 Å². The Hall–Kier alpha value is -3.19. The van der Waals surface area contributed by atoms with Crippen LogP contribution < -0.4 is 4.90 Å². The Kier molecular flexibility index (Phi) is 7.07. The minimum atomic E-state index is -0.768. The molecule has 2 aromatic carbocycles. The number of Topliss-reactive ketones (excluding diaryl/α,β-unsaturated/α-hetero) is 1. The van der Waals surface area contributed by atoms with Gasteiger partial charge in [-0.15, -0.1) is 0 Å². The van der Waals surface area contributed by atoms with E-state index in [1.807, 2.05) is 24.3 Å². The van der Waals surface area contributed by atoms with Gasteiger partial charge in [-0.3, -0.25) is 9.59 Å². The number of ketones is 1.